The van der Waals surface area contributed by atoms with E-state index in [0.29, 0.717) is 33.9 Å². The number of hydrogen-bond acceptors (Lipinski definition) is 6. The lowest BCUT2D eigenvalue weighted by Crippen LogP contribution is -2.14. The average Bonchev–Trinajstić information content (AvgIpc) is 3.04. The van der Waals surface area contributed by atoms with Crippen LogP contribution in [0, 0.1) is 0 Å². The van der Waals surface area contributed by atoms with Crippen molar-refractivity contribution in [2.45, 2.75) is 26.2 Å². The number of aliphatic hydroxyl groups excluding tert-OH is 1. The van der Waals surface area contributed by atoms with Gasteiger partial charge in [-0.25, -0.2) is 4.98 Å². The highest BCUT2D eigenvalue weighted by molar-refractivity contribution is 7.14. The van der Waals surface area contributed by atoms with E-state index in [1.807, 2.05) is 30.3 Å². The summed E-state index contributed by atoms with van der Waals surface area (Å²) in [5, 5.41) is 12.3. The Bertz CT molecular complexity index is 1080. The molecule has 0 unspecified atom stereocenters. The summed E-state index contributed by atoms with van der Waals surface area (Å²) in [6.07, 6.45) is 2.83. The summed E-state index contributed by atoms with van der Waals surface area (Å²) in [4.78, 5) is 33.4. The molecule has 2 aromatic heterocycles. The number of hydrogen-bond donors (Lipinski definition) is 1. The molecular formula is C20H16N2O3S. The standard InChI is InChI=1S/C20H16N2O3S/c1-11(23)8-17-22-16-7-6-14(19(25)20(16)26-17)18(24)13-9-12-4-2-3-5-15(12)21-10-13/h2-5,9-10,24H,6-8H2,1H3. The Balaban J connectivity index is 1.73. The molecule has 2 heterocycles. The van der Waals surface area contributed by atoms with Gasteiger partial charge in [0.2, 0.25) is 5.78 Å². The summed E-state index contributed by atoms with van der Waals surface area (Å²) < 4.78 is 0. The number of carbonyl (C=O) groups excluding carboxylic acids is 2. The van der Waals surface area contributed by atoms with E-state index in [-0.39, 0.29) is 23.7 Å². The van der Waals surface area contributed by atoms with Crippen molar-refractivity contribution in [3.63, 3.8) is 0 Å². The first-order valence-corrected chi connectivity index (χ1v) is 9.14. The molecular weight excluding hydrogens is 348 g/mol. The van der Waals surface area contributed by atoms with Crippen molar-refractivity contribution in [2.75, 3.05) is 0 Å². The molecule has 1 aliphatic carbocycles. The number of ketones is 2. The zero-order chi connectivity index (χ0) is 18.3. The number of para-hydroxylation sites is 1. The molecule has 0 radical (unpaired) electrons. The molecule has 1 N–H and O–H groups in total. The average molecular weight is 364 g/mol. The summed E-state index contributed by atoms with van der Waals surface area (Å²) in [5.41, 5.74) is 2.48. The van der Waals surface area contributed by atoms with Crippen LogP contribution in [0.25, 0.3) is 16.7 Å². The maximum absolute atomic E-state index is 12.8. The van der Waals surface area contributed by atoms with Crippen molar-refractivity contribution in [1.29, 1.82) is 0 Å². The normalized spacial score (nSPS) is 15.8. The molecule has 1 aromatic carbocycles. The van der Waals surface area contributed by atoms with Gasteiger partial charge in [0.25, 0.3) is 0 Å². The fraction of sp³-hybridized carbons (Fsp3) is 0.200. The summed E-state index contributed by atoms with van der Waals surface area (Å²) in [7, 11) is 0. The van der Waals surface area contributed by atoms with Crippen LogP contribution in [0.1, 0.15) is 39.3 Å². The monoisotopic (exact) mass is 364 g/mol. The first kappa shape index (κ1) is 16.6. The number of aromatic nitrogens is 2. The molecule has 5 nitrogen and oxygen atoms in total. The Labute approximate surface area is 154 Å². The molecule has 130 valence electrons. The second-order valence-electron chi connectivity index (χ2n) is 6.34. The molecule has 4 rings (SSSR count). The van der Waals surface area contributed by atoms with Gasteiger partial charge in [-0.1, -0.05) is 18.2 Å². The quantitative estimate of drug-likeness (QED) is 0.563. The molecule has 0 saturated carbocycles. The number of aliphatic hydroxyl groups is 1. The van der Waals surface area contributed by atoms with Crippen LogP contribution >= 0.6 is 11.3 Å². The zero-order valence-corrected chi connectivity index (χ0v) is 15.0. The molecule has 0 amide bonds. The minimum absolute atomic E-state index is 0.0180. The van der Waals surface area contributed by atoms with Gasteiger partial charge < -0.3 is 5.11 Å². The van der Waals surface area contributed by atoms with E-state index in [1.54, 1.807) is 6.20 Å². The van der Waals surface area contributed by atoms with E-state index in [0.717, 1.165) is 16.6 Å². The van der Waals surface area contributed by atoms with Crippen LogP contribution in [-0.2, 0) is 17.6 Å². The second-order valence-corrected chi connectivity index (χ2v) is 7.42. The molecule has 0 saturated heterocycles. The number of thiazole rings is 1. The van der Waals surface area contributed by atoms with Crippen LogP contribution in [-0.4, -0.2) is 26.6 Å². The van der Waals surface area contributed by atoms with E-state index in [2.05, 4.69) is 9.97 Å². The van der Waals surface area contributed by atoms with Gasteiger partial charge in [0.15, 0.2) is 0 Å². The highest BCUT2D eigenvalue weighted by Crippen LogP contribution is 2.33. The molecule has 1 aliphatic rings. The van der Waals surface area contributed by atoms with Gasteiger partial charge in [0.1, 0.15) is 16.6 Å². The highest BCUT2D eigenvalue weighted by atomic mass is 32.1. The Morgan fingerprint density at radius 2 is 2.08 bits per heavy atom. The number of fused-ring (bicyclic) bond motifs is 2. The van der Waals surface area contributed by atoms with E-state index in [1.165, 1.54) is 18.3 Å². The van der Waals surface area contributed by atoms with Crippen LogP contribution < -0.4 is 0 Å². The van der Waals surface area contributed by atoms with Crippen molar-refractivity contribution >= 4 is 39.6 Å². The predicted octanol–water partition coefficient (Wildman–Crippen LogP) is 3.92. The molecule has 0 aliphatic heterocycles. The van der Waals surface area contributed by atoms with E-state index in [9.17, 15) is 14.7 Å². The third kappa shape index (κ3) is 2.93. The van der Waals surface area contributed by atoms with Crippen LogP contribution in [0.15, 0.2) is 42.1 Å². The van der Waals surface area contributed by atoms with Gasteiger partial charge in [-0.3, -0.25) is 14.6 Å². The lowest BCUT2D eigenvalue weighted by Gasteiger charge is -2.14. The van der Waals surface area contributed by atoms with Crippen LogP contribution in [0.2, 0.25) is 0 Å². The smallest absolute Gasteiger partial charge is 0.204 e. The van der Waals surface area contributed by atoms with Crippen molar-refractivity contribution in [1.82, 2.24) is 9.97 Å². The predicted molar refractivity (Wildman–Crippen MR) is 100 cm³/mol. The van der Waals surface area contributed by atoms with Gasteiger partial charge >= 0.3 is 0 Å². The van der Waals surface area contributed by atoms with E-state index >= 15 is 0 Å². The van der Waals surface area contributed by atoms with Crippen LogP contribution in [0.4, 0.5) is 0 Å². The number of nitrogens with zero attached hydrogens (tertiary/aromatic N) is 2. The molecule has 3 aromatic rings. The first-order valence-electron chi connectivity index (χ1n) is 8.33. The Kier molecular flexibility index (Phi) is 4.12. The van der Waals surface area contributed by atoms with Gasteiger partial charge in [-0.05, 0) is 31.9 Å². The maximum atomic E-state index is 12.8. The SMILES string of the molecule is CC(=O)Cc1nc2c(s1)C(=O)C(=C(O)c1cnc3ccccc3c1)CC2. The largest absolute Gasteiger partial charge is 0.507 e. The minimum Gasteiger partial charge on any atom is -0.507 e. The minimum atomic E-state index is -0.204. The van der Waals surface area contributed by atoms with Crippen molar-refractivity contribution in [3.05, 3.63) is 63.2 Å². The molecule has 0 fully saturated rings. The number of benzene rings is 1. The summed E-state index contributed by atoms with van der Waals surface area (Å²) >= 11 is 1.25. The summed E-state index contributed by atoms with van der Waals surface area (Å²) in [6.45, 7) is 1.51. The lowest BCUT2D eigenvalue weighted by atomic mass is 9.93. The fourth-order valence-corrected chi connectivity index (χ4v) is 4.28. The van der Waals surface area contributed by atoms with Crippen molar-refractivity contribution < 1.29 is 14.7 Å². The number of allylic oxidation sites excluding steroid dienone is 1. The molecule has 0 bridgehead atoms. The third-order valence-electron chi connectivity index (χ3n) is 4.38. The van der Waals surface area contributed by atoms with Gasteiger partial charge in [-0.2, -0.15) is 0 Å². The number of Topliss-reactive ketones (excluding diaryl/α,β-unsaturated/α-hetero) is 2. The zero-order valence-electron chi connectivity index (χ0n) is 14.2. The highest BCUT2D eigenvalue weighted by Gasteiger charge is 2.29. The van der Waals surface area contributed by atoms with Crippen LogP contribution in [0.3, 0.4) is 0 Å². The van der Waals surface area contributed by atoms with Gasteiger partial charge in [-0.15, -0.1) is 11.3 Å². The third-order valence-corrected chi connectivity index (χ3v) is 5.48. The van der Waals surface area contributed by atoms with Crippen LogP contribution in [0.5, 0.6) is 0 Å². The first-order chi connectivity index (χ1) is 12.5. The second kappa shape index (κ2) is 6.46. The van der Waals surface area contributed by atoms with Crippen molar-refractivity contribution in [2.24, 2.45) is 0 Å². The summed E-state index contributed by atoms with van der Waals surface area (Å²) in [6, 6.07) is 9.46. The van der Waals surface area contributed by atoms with E-state index in [4.69, 9.17) is 0 Å². The number of carbonyl (C=O) groups is 2. The number of rotatable bonds is 3. The number of pyridine rings is 1. The Hall–Kier alpha value is -2.86. The maximum Gasteiger partial charge on any atom is 0.204 e. The molecule has 0 spiro atoms. The van der Waals surface area contributed by atoms with Gasteiger partial charge in [0, 0.05) is 22.7 Å². The Morgan fingerprint density at radius 1 is 1.27 bits per heavy atom. The molecule has 6 heteroatoms. The topological polar surface area (TPSA) is 80.2 Å². The van der Waals surface area contributed by atoms with E-state index < -0.39 is 0 Å². The van der Waals surface area contributed by atoms with Crippen molar-refractivity contribution in [3.8, 4) is 0 Å². The molecule has 0 atom stereocenters. The lowest BCUT2D eigenvalue weighted by molar-refractivity contribution is -0.116. The Morgan fingerprint density at radius 3 is 2.88 bits per heavy atom. The fourth-order valence-electron chi connectivity index (χ4n) is 3.13. The molecule has 26 heavy (non-hydrogen) atoms. The van der Waals surface area contributed by atoms with Gasteiger partial charge in [0.05, 0.1) is 22.5 Å². The number of aryl methyl sites for hydroxylation is 1. The summed E-state index contributed by atoms with van der Waals surface area (Å²) in [5.74, 6) is -0.214.